The normalized spacial score (nSPS) is 24.0. The molecule has 0 unspecified atom stereocenters. The van der Waals surface area contributed by atoms with E-state index in [4.69, 9.17) is 0 Å². The Bertz CT molecular complexity index is 380. The molecule has 3 rings (SSSR count). The lowest BCUT2D eigenvalue weighted by atomic mass is 9.75. The highest BCUT2D eigenvalue weighted by atomic mass is 32.2. The number of fused-ring (bicyclic) bond motifs is 2. The second kappa shape index (κ2) is 3.93. The highest BCUT2D eigenvalue weighted by Crippen LogP contribution is 2.50. The van der Waals surface area contributed by atoms with E-state index in [1.165, 1.54) is 38.2 Å². The molecule has 88 valence electrons. The van der Waals surface area contributed by atoms with Gasteiger partial charge in [0.15, 0.2) is 0 Å². The van der Waals surface area contributed by atoms with Crippen LogP contribution < -0.4 is 4.31 Å². The van der Waals surface area contributed by atoms with Gasteiger partial charge in [0.1, 0.15) is 0 Å². The summed E-state index contributed by atoms with van der Waals surface area (Å²) >= 11 is 3.74. The van der Waals surface area contributed by atoms with Gasteiger partial charge >= 0.3 is 0 Å². The Balaban J connectivity index is 1.94. The van der Waals surface area contributed by atoms with E-state index in [0.29, 0.717) is 5.41 Å². The minimum Gasteiger partial charge on any atom is -0.314 e. The maximum Gasteiger partial charge on any atom is 0.0615 e. The number of thiophene rings is 1. The third-order valence-electron chi connectivity index (χ3n) is 4.09. The molecule has 0 bridgehead atoms. The van der Waals surface area contributed by atoms with Crippen LogP contribution in [0, 0.1) is 0 Å². The average Bonchev–Trinajstić information content (AvgIpc) is 2.86. The third-order valence-corrected chi connectivity index (χ3v) is 5.59. The lowest BCUT2D eigenvalue weighted by Gasteiger charge is -2.38. The van der Waals surface area contributed by atoms with E-state index < -0.39 is 0 Å². The summed E-state index contributed by atoms with van der Waals surface area (Å²) in [6.07, 6.45) is 4.84. The van der Waals surface area contributed by atoms with E-state index in [-0.39, 0.29) is 0 Å². The van der Waals surface area contributed by atoms with Gasteiger partial charge in [-0.05, 0) is 43.9 Å². The number of hydrogen-bond acceptors (Lipinski definition) is 4. The van der Waals surface area contributed by atoms with Crippen molar-refractivity contribution in [3.63, 3.8) is 0 Å². The Morgan fingerprint density at radius 3 is 2.75 bits per heavy atom. The zero-order valence-corrected chi connectivity index (χ0v) is 11.5. The van der Waals surface area contributed by atoms with Crippen molar-refractivity contribution in [2.75, 3.05) is 37.2 Å². The van der Waals surface area contributed by atoms with Gasteiger partial charge < -0.3 is 9.21 Å². The molecule has 0 amide bonds. The van der Waals surface area contributed by atoms with Crippen molar-refractivity contribution >= 4 is 29.0 Å². The van der Waals surface area contributed by atoms with E-state index in [9.17, 15) is 0 Å². The van der Waals surface area contributed by atoms with Crippen LogP contribution in [0.25, 0.3) is 0 Å². The predicted molar refractivity (Wildman–Crippen MR) is 73.6 cm³/mol. The fourth-order valence-corrected chi connectivity index (χ4v) is 4.71. The molecule has 4 heteroatoms. The summed E-state index contributed by atoms with van der Waals surface area (Å²) in [6.45, 7) is 3.72. The van der Waals surface area contributed by atoms with Gasteiger partial charge in [-0.15, -0.1) is 11.3 Å². The molecule has 0 saturated carbocycles. The Kier molecular flexibility index (Phi) is 2.68. The molecular weight excluding hydrogens is 236 g/mol. The first kappa shape index (κ1) is 10.9. The predicted octanol–water partition coefficient (Wildman–Crippen LogP) is 2.81. The lowest BCUT2D eigenvalue weighted by molar-refractivity contribution is 0.199. The fourth-order valence-electron chi connectivity index (χ4n) is 2.96. The van der Waals surface area contributed by atoms with Crippen molar-refractivity contribution in [3.05, 3.63) is 16.3 Å². The number of likely N-dealkylation sites (tertiary alicyclic amines) is 1. The van der Waals surface area contributed by atoms with Crippen LogP contribution in [0.5, 0.6) is 0 Å². The smallest absolute Gasteiger partial charge is 0.0615 e. The van der Waals surface area contributed by atoms with Crippen LogP contribution in [-0.2, 0) is 5.41 Å². The second-order valence-electron chi connectivity index (χ2n) is 4.97. The number of nitrogens with zero attached hydrogens (tertiary/aromatic N) is 2. The first-order chi connectivity index (χ1) is 7.75. The van der Waals surface area contributed by atoms with Crippen LogP contribution >= 0.6 is 23.3 Å². The molecule has 0 atom stereocenters. The summed E-state index contributed by atoms with van der Waals surface area (Å²) in [4.78, 5) is 2.46. The average molecular weight is 254 g/mol. The van der Waals surface area contributed by atoms with E-state index in [1.54, 1.807) is 5.56 Å². The summed E-state index contributed by atoms with van der Waals surface area (Å²) in [5.41, 5.74) is 3.58. The Hall–Kier alpha value is -0.190. The molecule has 1 aromatic heterocycles. The van der Waals surface area contributed by atoms with Gasteiger partial charge in [-0.3, -0.25) is 0 Å². The van der Waals surface area contributed by atoms with E-state index in [1.807, 2.05) is 23.3 Å². The van der Waals surface area contributed by atoms with Gasteiger partial charge in [0.2, 0.25) is 0 Å². The first-order valence-electron chi connectivity index (χ1n) is 5.82. The van der Waals surface area contributed by atoms with Crippen molar-refractivity contribution in [3.8, 4) is 0 Å². The van der Waals surface area contributed by atoms with Gasteiger partial charge in [-0.25, -0.2) is 0 Å². The molecule has 0 aliphatic carbocycles. The molecule has 1 spiro atoms. The Morgan fingerprint density at radius 1 is 1.31 bits per heavy atom. The van der Waals surface area contributed by atoms with Gasteiger partial charge in [0, 0.05) is 23.6 Å². The van der Waals surface area contributed by atoms with Gasteiger partial charge in [-0.1, -0.05) is 11.9 Å². The minimum atomic E-state index is 0.463. The summed E-state index contributed by atoms with van der Waals surface area (Å²) in [7, 11) is 2.24. The molecule has 0 aromatic carbocycles. The van der Waals surface area contributed by atoms with Crippen LogP contribution in [0.1, 0.15) is 18.4 Å². The highest BCUT2D eigenvalue weighted by molar-refractivity contribution is 8.00. The molecule has 1 saturated heterocycles. The second-order valence-corrected chi connectivity index (χ2v) is 6.52. The van der Waals surface area contributed by atoms with Crippen molar-refractivity contribution in [2.45, 2.75) is 18.3 Å². The van der Waals surface area contributed by atoms with E-state index >= 15 is 0 Å². The Morgan fingerprint density at radius 2 is 2.06 bits per heavy atom. The monoisotopic (exact) mass is 254 g/mol. The summed E-state index contributed by atoms with van der Waals surface area (Å²) < 4.78 is 2.48. The molecule has 3 heterocycles. The van der Waals surface area contributed by atoms with E-state index in [0.717, 1.165) is 0 Å². The number of anilines is 1. The SMILES string of the molecule is CSN1CC2(CCN(C)CC2)c2cscc21. The van der Waals surface area contributed by atoms with Gasteiger partial charge in [-0.2, -0.15) is 0 Å². The fraction of sp³-hybridized carbons (Fsp3) is 0.667. The molecule has 0 radical (unpaired) electrons. The van der Waals surface area contributed by atoms with Crippen molar-refractivity contribution in [2.24, 2.45) is 0 Å². The Labute approximate surface area is 106 Å². The highest BCUT2D eigenvalue weighted by Gasteiger charge is 2.44. The van der Waals surface area contributed by atoms with Crippen LogP contribution in [0.4, 0.5) is 5.69 Å². The maximum absolute atomic E-state index is 2.48. The van der Waals surface area contributed by atoms with Crippen LogP contribution in [-0.4, -0.2) is 37.8 Å². The summed E-state index contributed by atoms with van der Waals surface area (Å²) in [5.74, 6) is 0. The quantitative estimate of drug-likeness (QED) is 0.712. The lowest BCUT2D eigenvalue weighted by Crippen LogP contribution is -2.42. The number of rotatable bonds is 1. The first-order valence-corrected chi connectivity index (χ1v) is 7.94. The molecule has 1 fully saturated rings. The van der Waals surface area contributed by atoms with Crippen molar-refractivity contribution in [1.29, 1.82) is 0 Å². The largest absolute Gasteiger partial charge is 0.314 e. The third kappa shape index (κ3) is 1.50. The minimum absolute atomic E-state index is 0.463. The van der Waals surface area contributed by atoms with E-state index in [2.05, 4.69) is 33.3 Å². The molecule has 2 aliphatic rings. The van der Waals surface area contributed by atoms with Crippen LogP contribution in [0.2, 0.25) is 0 Å². The molecule has 16 heavy (non-hydrogen) atoms. The number of piperidine rings is 1. The molecule has 2 aliphatic heterocycles. The molecule has 1 aromatic rings. The van der Waals surface area contributed by atoms with Gasteiger partial charge in [0.25, 0.3) is 0 Å². The standard InChI is InChI=1S/C12H18N2S2/c1-13-5-3-12(4-6-13)9-14(15-2)11-8-16-7-10(11)12/h7-8H,3-6,9H2,1-2H3. The number of hydrogen-bond donors (Lipinski definition) is 0. The summed E-state index contributed by atoms with van der Waals surface area (Å²) in [6, 6.07) is 0. The van der Waals surface area contributed by atoms with Crippen LogP contribution in [0.3, 0.4) is 0 Å². The van der Waals surface area contributed by atoms with Gasteiger partial charge in [0.05, 0.1) is 5.69 Å². The maximum atomic E-state index is 2.48. The molecule has 2 nitrogen and oxygen atoms in total. The molecular formula is C12H18N2S2. The van der Waals surface area contributed by atoms with Crippen LogP contribution in [0.15, 0.2) is 10.8 Å². The zero-order chi connectivity index (χ0) is 11.2. The van der Waals surface area contributed by atoms with Crippen molar-refractivity contribution < 1.29 is 0 Å². The summed E-state index contributed by atoms with van der Waals surface area (Å²) in [5, 5.41) is 4.70. The van der Waals surface area contributed by atoms with Crippen molar-refractivity contribution in [1.82, 2.24) is 4.90 Å². The zero-order valence-electron chi connectivity index (χ0n) is 9.90. The molecule has 0 N–H and O–H groups in total. The topological polar surface area (TPSA) is 6.48 Å².